The number of imidazole rings is 2. The number of benzene rings is 1. The molecule has 2 aromatic heterocycles. The van der Waals surface area contributed by atoms with Gasteiger partial charge in [0.2, 0.25) is 0 Å². The number of nitrogens with one attached hydrogen (secondary N) is 1. The number of nitrogens with zero attached hydrogens (tertiary/aromatic N) is 6. The summed E-state index contributed by atoms with van der Waals surface area (Å²) in [4.78, 5) is 15.2. The van der Waals surface area contributed by atoms with E-state index in [0.29, 0.717) is 24.8 Å². The highest BCUT2D eigenvalue weighted by molar-refractivity contribution is 6.76. The number of piperidine rings is 1. The monoisotopic (exact) mass is 790 g/mol. The first-order chi connectivity index (χ1) is 26.4. The zero-order chi connectivity index (χ0) is 38.7. The lowest BCUT2D eigenvalue weighted by molar-refractivity contribution is 0.0615. The number of likely N-dealkylation sites (tertiary alicyclic amines) is 2. The highest BCUT2D eigenvalue weighted by Gasteiger charge is 2.41. The predicted octanol–water partition coefficient (Wildman–Crippen LogP) is 8.52. The lowest BCUT2D eigenvalue weighted by Gasteiger charge is -2.43. The average Bonchev–Trinajstić information content (AvgIpc) is 3.90. The zero-order valence-electron chi connectivity index (χ0n) is 35.5. The topological polar surface area (TPSA) is 72.6 Å². The van der Waals surface area contributed by atoms with Crippen molar-refractivity contribution >= 4 is 16.1 Å². The molecule has 2 saturated heterocycles. The van der Waals surface area contributed by atoms with Crippen LogP contribution in [0.1, 0.15) is 74.1 Å². The molecule has 0 atom stereocenters. The van der Waals surface area contributed by atoms with E-state index in [1.54, 1.807) is 0 Å². The molecule has 11 heteroatoms. The summed E-state index contributed by atoms with van der Waals surface area (Å²) in [6, 6.07) is 12.6. The molecule has 0 unspecified atom stereocenters. The lowest BCUT2D eigenvalue weighted by atomic mass is 9.77. The molecular formula is C44H75N7O2Si2. The maximum atomic E-state index is 6.13. The summed E-state index contributed by atoms with van der Waals surface area (Å²) in [5.74, 6) is 2.47. The molecule has 3 aromatic rings. The Morgan fingerprint density at radius 1 is 0.745 bits per heavy atom. The van der Waals surface area contributed by atoms with Crippen LogP contribution in [-0.4, -0.2) is 97.0 Å². The van der Waals surface area contributed by atoms with E-state index in [2.05, 4.69) is 100 Å². The lowest BCUT2D eigenvalue weighted by Crippen LogP contribution is -2.46. The molecule has 4 heterocycles. The number of rotatable bonds is 21. The van der Waals surface area contributed by atoms with Crippen LogP contribution in [-0.2, 0) is 48.9 Å². The van der Waals surface area contributed by atoms with Crippen LogP contribution in [0.5, 0.6) is 0 Å². The van der Waals surface area contributed by atoms with Crippen molar-refractivity contribution < 1.29 is 9.47 Å². The summed E-state index contributed by atoms with van der Waals surface area (Å²) in [6.07, 6.45) is 21.1. The second kappa shape index (κ2) is 20.0. The molecule has 55 heavy (non-hydrogen) atoms. The Bertz CT molecular complexity index is 1490. The Kier molecular flexibility index (Phi) is 15.5. The van der Waals surface area contributed by atoms with Crippen LogP contribution in [0, 0.1) is 11.3 Å². The summed E-state index contributed by atoms with van der Waals surface area (Å²) < 4.78 is 16.6. The SMILES string of the molecule is C[Si](C)(C)CCOCn1ccnc1CC(CNCc1ccc(CN2CCC3(CCN(C4CCCCC4)CC3)C2)cc1)Cc1nccn1COCC[Si](C)(C)C. The van der Waals surface area contributed by atoms with Gasteiger partial charge in [-0.05, 0) is 92.8 Å². The second-order valence-electron chi connectivity index (χ2n) is 19.8. The van der Waals surface area contributed by atoms with Crippen LogP contribution in [0.2, 0.25) is 51.4 Å². The van der Waals surface area contributed by atoms with Crippen molar-refractivity contribution in [1.82, 2.24) is 34.2 Å². The van der Waals surface area contributed by atoms with Gasteiger partial charge in [0.05, 0.1) is 0 Å². The van der Waals surface area contributed by atoms with Gasteiger partial charge < -0.3 is 28.8 Å². The molecule has 0 bridgehead atoms. The van der Waals surface area contributed by atoms with E-state index in [0.717, 1.165) is 63.4 Å². The smallest absolute Gasteiger partial charge is 0.123 e. The normalized spacial score (nSPS) is 19.0. The third-order valence-electron chi connectivity index (χ3n) is 12.7. The van der Waals surface area contributed by atoms with Crippen LogP contribution in [0.15, 0.2) is 49.1 Å². The molecule has 1 saturated carbocycles. The Hall–Kier alpha value is -2.13. The summed E-state index contributed by atoms with van der Waals surface area (Å²) in [5.41, 5.74) is 3.34. The maximum absolute atomic E-state index is 6.13. The Morgan fingerprint density at radius 3 is 1.85 bits per heavy atom. The van der Waals surface area contributed by atoms with Crippen molar-refractivity contribution in [2.24, 2.45) is 11.3 Å². The van der Waals surface area contributed by atoms with E-state index in [9.17, 15) is 0 Å². The van der Waals surface area contributed by atoms with E-state index >= 15 is 0 Å². The van der Waals surface area contributed by atoms with E-state index in [-0.39, 0.29) is 0 Å². The molecular weight excluding hydrogens is 715 g/mol. The molecule has 306 valence electrons. The number of ether oxygens (including phenoxy) is 2. The molecule has 1 N–H and O–H groups in total. The van der Waals surface area contributed by atoms with Gasteiger partial charge in [-0.3, -0.25) is 4.90 Å². The highest BCUT2D eigenvalue weighted by atomic mass is 28.3. The van der Waals surface area contributed by atoms with E-state index in [1.165, 1.54) is 101 Å². The first kappa shape index (κ1) is 42.5. The van der Waals surface area contributed by atoms with Gasteiger partial charge in [-0.2, -0.15) is 0 Å². The fraction of sp³-hybridized carbons (Fsp3) is 0.727. The summed E-state index contributed by atoms with van der Waals surface area (Å²) in [5, 5.41) is 3.82. The maximum Gasteiger partial charge on any atom is 0.123 e. The Morgan fingerprint density at radius 2 is 1.29 bits per heavy atom. The van der Waals surface area contributed by atoms with Crippen LogP contribution in [0.25, 0.3) is 0 Å². The van der Waals surface area contributed by atoms with Crippen molar-refractivity contribution in [3.63, 3.8) is 0 Å². The Labute approximate surface area is 336 Å². The predicted molar refractivity (Wildman–Crippen MR) is 232 cm³/mol. The minimum absolute atomic E-state index is 0.322. The molecule has 3 aliphatic rings. The largest absolute Gasteiger partial charge is 0.361 e. The molecule has 9 nitrogen and oxygen atoms in total. The number of aromatic nitrogens is 4. The molecule has 2 aliphatic heterocycles. The van der Waals surface area contributed by atoms with Crippen molar-refractivity contribution in [2.75, 3.05) is 45.9 Å². The fourth-order valence-corrected chi connectivity index (χ4v) is 10.4. The first-order valence-corrected chi connectivity index (χ1v) is 29.2. The van der Waals surface area contributed by atoms with Gasteiger partial charge in [-0.15, -0.1) is 0 Å². The van der Waals surface area contributed by atoms with E-state index in [1.807, 2.05) is 12.4 Å². The van der Waals surface area contributed by atoms with Gasteiger partial charge in [0, 0.05) is 92.7 Å². The minimum atomic E-state index is -1.13. The summed E-state index contributed by atoms with van der Waals surface area (Å²) >= 11 is 0. The van der Waals surface area contributed by atoms with Crippen LogP contribution in [0.4, 0.5) is 0 Å². The average molecular weight is 790 g/mol. The highest BCUT2D eigenvalue weighted by Crippen LogP contribution is 2.42. The third kappa shape index (κ3) is 13.7. The van der Waals surface area contributed by atoms with Gasteiger partial charge in [-0.1, -0.05) is 82.8 Å². The van der Waals surface area contributed by atoms with Crippen LogP contribution < -0.4 is 5.32 Å². The van der Waals surface area contributed by atoms with Gasteiger partial charge in [0.25, 0.3) is 0 Å². The molecule has 6 rings (SSSR count). The molecule has 3 fully saturated rings. The van der Waals surface area contributed by atoms with E-state index in [4.69, 9.17) is 19.4 Å². The van der Waals surface area contributed by atoms with E-state index < -0.39 is 16.1 Å². The zero-order valence-corrected chi connectivity index (χ0v) is 37.5. The Balaban J connectivity index is 0.995. The van der Waals surface area contributed by atoms with Gasteiger partial charge in [0.1, 0.15) is 25.1 Å². The van der Waals surface area contributed by atoms with Gasteiger partial charge >= 0.3 is 0 Å². The standard InChI is InChI=1S/C44H75N7O2Si2/c1-54(2,3)28-26-52-36-50-24-19-46-42(50)30-40(31-43-47-20-25-51(43)37-53-27-29-55(4,5)6)33-45-32-38-12-14-39(15-13-38)34-48-21-16-44(35-48)17-22-49(23-18-44)41-10-8-7-9-11-41/h12-15,19-20,24-25,40-41,45H,7-11,16-18,21-23,26-37H2,1-6H3. The van der Waals surface area contributed by atoms with Gasteiger partial charge in [0.15, 0.2) is 0 Å². The fourth-order valence-electron chi connectivity index (χ4n) is 8.93. The molecule has 1 aliphatic carbocycles. The first-order valence-electron chi connectivity index (χ1n) is 21.8. The molecule has 0 amide bonds. The van der Waals surface area contributed by atoms with Gasteiger partial charge in [-0.25, -0.2) is 9.97 Å². The van der Waals surface area contributed by atoms with Crippen molar-refractivity contribution in [2.45, 2.75) is 148 Å². The molecule has 1 aromatic carbocycles. The quantitative estimate of drug-likeness (QED) is 0.0858. The van der Waals surface area contributed by atoms with Crippen LogP contribution >= 0.6 is 0 Å². The third-order valence-corrected chi connectivity index (χ3v) is 16.1. The van der Waals surface area contributed by atoms with Crippen LogP contribution in [0.3, 0.4) is 0 Å². The van der Waals surface area contributed by atoms with Crippen molar-refractivity contribution in [3.8, 4) is 0 Å². The van der Waals surface area contributed by atoms with Crippen molar-refractivity contribution in [3.05, 3.63) is 71.8 Å². The summed E-state index contributed by atoms with van der Waals surface area (Å²) in [6.45, 7) is 25.1. The second-order valence-corrected chi connectivity index (χ2v) is 31.1. The number of hydrogen-bond acceptors (Lipinski definition) is 7. The van der Waals surface area contributed by atoms with Crippen molar-refractivity contribution in [1.29, 1.82) is 0 Å². The number of hydrogen-bond donors (Lipinski definition) is 1. The molecule has 0 radical (unpaired) electrons. The molecule has 1 spiro atoms. The minimum Gasteiger partial charge on any atom is -0.361 e. The summed E-state index contributed by atoms with van der Waals surface area (Å²) in [7, 11) is -2.26.